The highest BCUT2D eigenvalue weighted by Crippen LogP contribution is 2.30. The van der Waals surface area contributed by atoms with Gasteiger partial charge in [-0.25, -0.2) is 9.97 Å². The Morgan fingerprint density at radius 3 is 2.56 bits per heavy atom. The summed E-state index contributed by atoms with van der Waals surface area (Å²) in [5.74, 6) is 0.679. The van der Waals surface area contributed by atoms with Crippen LogP contribution in [0.15, 0.2) is 36.7 Å². The lowest BCUT2D eigenvalue weighted by atomic mass is 10.0. The monoisotopic (exact) mass is 370 g/mol. The molecule has 1 N–H and O–H groups in total. The summed E-state index contributed by atoms with van der Waals surface area (Å²) in [5, 5.41) is 9.34. The largest absolute Gasteiger partial charge is 0.505 e. The van der Waals surface area contributed by atoms with Gasteiger partial charge >= 0.3 is 0 Å². The molecular weight excluding hydrogens is 340 g/mol. The van der Waals surface area contributed by atoms with E-state index in [0.717, 1.165) is 37.9 Å². The van der Waals surface area contributed by atoms with Gasteiger partial charge in [0.25, 0.3) is 0 Å². The first-order chi connectivity index (χ1) is 13.3. The SMILES string of the molecule is CCCCCCC(OC1CCCCO1)c1ccc(-c2ncc(O)cn2)cc1. The number of hydrogen-bond acceptors (Lipinski definition) is 5. The molecule has 3 rings (SSSR count). The van der Waals surface area contributed by atoms with Gasteiger partial charge in [0.1, 0.15) is 0 Å². The highest BCUT2D eigenvalue weighted by molar-refractivity contribution is 5.55. The fourth-order valence-corrected chi connectivity index (χ4v) is 3.39. The van der Waals surface area contributed by atoms with Crippen LogP contribution in [0.2, 0.25) is 0 Å². The minimum Gasteiger partial charge on any atom is -0.505 e. The Bertz CT molecular complexity index is 667. The third kappa shape index (κ3) is 6.01. The average Bonchev–Trinajstić information content (AvgIpc) is 2.72. The maximum atomic E-state index is 9.34. The molecule has 1 aromatic heterocycles. The highest BCUT2D eigenvalue weighted by atomic mass is 16.7. The lowest BCUT2D eigenvalue weighted by Gasteiger charge is -2.28. The zero-order chi connectivity index (χ0) is 18.9. The summed E-state index contributed by atoms with van der Waals surface area (Å²) in [5.41, 5.74) is 2.10. The molecule has 5 heteroatoms. The van der Waals surface area contributed by atoms with Crippen LogP contribution in [0.3, 0.4) is 0 Å². The first kappa shape index (κ1) is 19.8. The molecule has 2 aromatic rings. The number of hydrogen-bond donors (Lipinski definition) is 1. The number of benzene rings is 1. The van der Waals surface area contributed by atoms with E-state index in [-0.39, 0.29) is 18.1 Å². The standard InChI is InChI=1S/C22H30N2O3/c1-2-3-4-5-8-20(27-21-9-6-7-14-26-21)17-10-12-18(13-11-17)22-23-15-19(25)16-24-22/h10-13,15-16,20-21,25H,2-9,14H2,1H3. The molecule has 2 unspecified atom stereocenters. The van der Waals surface area contributed by atoms with Gasteiger partial charge in [0.15, 0.2) is 17.9 Å². The van der Waals surface area contributed by atoms with E-state index >= 15 is 0 Å². The number of unbranched alkanes of at least 4 members (excludes halogenated alkanes) is 3. The molecule has 5 nitrogen and oxygen atoms in total. The molecule has 1 aliphatic rings. The van der Waals surface area contributed by atoms with Crippen molar-refractivity contribution in [2.24, 2.45) is 0 Å². The molecule has 0 saturated carbocycles. The summed E-state index contributed by atoms with van der Waals surface area (Å²) in [7, 11) is 0. The molecular formula is C22H30N2O3. The minimum atomic E-state index is -0.0879. The Balaban J connectivity index is 1.68. The second-order valence-electron chi connectivity index (χ2n) is 7.16. The Morgan fingerprint density at radius 2 is 1.89 bits per heavy atom. The lowest BCUT2D eigenvalue weighted by Crippen LogP contribution is -2.24. The Kier molecular flexibility index (Phi) is 7.60. The van der Waals surface area contributed by atoms with E-state index < -0.39 is 0 Å². The smallest absolute Gasteiger partial charge is 0.159 e. The van der Waals surface area contributed by atoms with Crippen LogP contribution in [0, 0.1) is 0 Å². The van der Waals surface area contributed by atoms with E-state index in [1.807, 2.05) is 12.1 Å². The number of rotatable bonds is 9. The molecule has 0 radical (unpaired) electrons. The molecule has 146 valence electrons. The molecule has 2 heterocycles. The van der Waals surface area contributed by atoms with Crippen molar-refractivity contribution in [1.29, 1.82) is 0 Å². The van der Waals surface area contributed by atoms with Crippen molar-refractivity contribution < 1.29 is 14.6 Å². The summed E-state index contributed by atoms with van der Waals surface area (Å²) in [6, 6.07) is 8.23. The fourth-order valence-electron chi connectivity index (χ4n) is 3.39. The topological polar surface area (TPSA) is 64.5 Å². The Morgan fingerprint density at radius 1 is 1.11 bits per heavy atom. The maximum absolute atomic E-state index is 9.34. The molecule has 0 spiro atoms. The minimum absolute atomic E-state index is 0.0553. The fraction of sp³-hybridized carbons (Fsp3) is 0.545. The van der Waals surface area contributed by atoms with Crippen LogP contribution in [0.5, 0.6) is 5.75 Å². The predicted octanol–water partition coefficient (Wildman–Crippen LogP) is 5.40. The van der Waals surface area contributed by atoms with Crippen LogP contribution < -0.4 is 0 Å². The average molecular weight is 370 g/mol. The van der Waals surface area contributed by atoms with Gasteiger partial charge < -0.3 is 14.6 Å². The van der Waals surface area contributed by atoms with Gasteiger partial charge in [-0.15, -0.1) is 0 Å². The van der Waals surface area contributed by atoms with E-state index in [1.165, 1.54) is 43.6 Å². The second-order valence-corrected chi connectivity index (χ2v) is 7.16. The van der Waals surface area contributed by atoms with E-state index in [2.05, 4.69) is 29.0 Å². The number of ether oxygens (including phenoxy) is 2. The number of nitrogens with zero attached hydrogens (tertiary/aromatic N) is 2. The van der Waals surface area contributed by atoms with Gasteiger partial charge in [0.2, 0.25) is 0 Å². The van der Waals surface area contributed by atoms with Crippen LogP contribution in [0.4, 0.5) is 0 Å². The molecule has 0 bridgehead atoms. The third-order valence-corrected chi connectivity index (χ3v) is 4.95. The highest BCUT2D eigenvalue weighted by Gasteiger charge is 2.21. The summed E-state index contributed by atoms with van der Waals surface area (Å²) in [6.07, 6.45) is 12.0. The van der Waals surface area contributed by atoms with E-state index in [9.17, 15) is 5.11 Å². The first-order valence-corrected chi connectivity index (χ1v) is 10.1. The lowest BCUT2D eigenvalue weighted by molar-refractivity contribution is -0.191. The zero-order valence-corrected chi connectivity index (χ0v) is 16.1. The quantitative estimate of drug-likeness (QED) is 0.598. The molecule has 0 aliphatic carbocycles. The Labute approximate surface area is 161 Å². The van der Waals surface area contributed by atoms with Gasteiger partial charge in [0.05, 0.1) is 18.5 Å². The van der Waals surface area contributed by atoms with Gasteiger partial charge in [0, 0.05) is 12.2 Å². The van der Waals surface area contributed by atoms with Crippen molar-refractivity contribution in [3.05, 3.63) is 42.2 Å². The Hall–Kier alpha value is -1.98. The van der Waals surface area contributed by atoms with E-state index in [4.69, 9.17) is 9.47 Å². The summed E-state index contributed by atoms with van der Waals surface area (Å²) in [4.78, 5) is 8.35. The van der Waals surface area contributed by atoms with Crippen molar-refractivity contribution in [1.82, 2.24) is 9.97 Å². The predicted molar refractivity (Wildman–Crippen MR) is 105 cm³/mol. The number of aromatic hydroxyl groups is 1. The molecule has 27 heavy (non-hydrogen) atoms. The van der Waals surface area contributed by atoms with E-state index in [0.29, 0.717) is 5.82 Å². The van der Waals surface area contributed by atoms with Crippen molar-refractivity contribution in [3.8, 4) is 17.1 Å². The van der Waals surface area contributed by atoms with Crippen LogP contribution in [-0.2, 0) is 9.47 Å². The van der Waals surface area contributed by atoms with Crippen LogP contribution in [0.25, 0.3) is 11.4 Å². The van der Waals surface area contributed by atoms with Crippen LogP contribution >= 0.6 is 0 Å². The molecule has 1 saturated heterocycles. The second kappa shape index (κ2) is 10.4. The molecule has 0 amide bonds. The van der Waals surface area contributed by atoms with Crippen molar-refractivity contribution >= 4 is 0 Å². The first-order valence-electron chi connectivity index (χ1n) is 10.1. The van der Waals surface area contributed by atoms with Gasteiger partial charge in [-0.1, -0.05) is 56.9 Å². The van der Waals surface area contributed by atoms with Crippen molar-refractivity contribution in [2.45, 2.75) is 70.7 Å². The summed E-state index contributed by atoms with van der Waals surface area (Å²) >= 11 is 0. The number of aromatic nitrogens is 2. The van der Waals surface area contributed by atoms with Crippen molar-refractivity contribution in [3.63, 3.8) is 0 Å². The summed E-state index contributed by atoms with van der Waals surface area (Å²) in [6.45, 7) is 3.03. The molecule has 1 aromatic carbocycles. The normalized spacial score (nSPS) is 18.3. The molecule has 1 aliphatic heterocycles. The molecule has 1 fully saturated rings. The zero-order valence-electron chi connectivity index (χ0n) is 16.1. The van der Waals surface area contributed by atoms with Gasteiger partial charge in [-0.05, 0) is 31.2 Å². The molecule has 2 atom stereocenters. The maximum Gasteiger partial charge on any atom is 0.159 e. The van der Waals surface area contributed by atoms with Gasteiger partial charge in [-0.2, -0.15) is 0 Å². The van der Waals surface area contributed by atoms with E-state index in [1.54, 1.807) is 0 Å². The van der Waals surface area contributed by atoms with Crippen LogP contribution in [-0.4, -0.2) is 28.0 Å². The van der Waals surface area contributed by atoms with Crippen molar-refractivity contribution in [2.75, 3.05) is 6.61 Å². The third-order valence-electron chi connectivity index (χ3n) is 4.95. The summed E-state index contributed by atoms with van der Waals surface area (Å²) < 4.78 is 12.1. The van der Waals surface area contributed by atoms with Gasteiger partial charge in [-0.3, -0.25) is 0 Å². The van der Waals surface area contributed by atoms with Crippen LogP contribution in [0.1, 0.15) is 70.0 Å².